The van der Waals surface area contributed by atoms with Crippen LogP contribution in [0.5, 0.6) is 0 Å². The average molecular weight is 308 g/mol. The molecule has 0 saturated heterocycles. The Morgan fingerprint density at radius 1 is 1.38 bits per heavy atom. The van der Waals surface area contributed by atoms with Crippen LogP contribution in [-0.2, 0) is 17.8 Å². The minimum atomic E-state index is -1.03. The first-order chi connectivity index (χ1) is 9.97. The van der Waals surface area contributed by atoms with E-state index in [0.717, 1.165) is 11.3 Å². The number of halogens is 1. The van der Waals surface area contributed by atoms with Gasteiger partial charge in [0.05, 0.1) is 18.7 Å². The Bertz CT molecular complexity index is 685. The SMILES string of the molecule is Cc1nc(CNC(=O)Cc2ccccc2F)sc1C(=O)O. The molecule has 7 heteroatoms. The molecule has 0 aliphatic heterocycles. The van der Waals surface area contributed by atoms with E-state index in [9.17, 15) is 14.0 Å². The van der Waals surface area contributed by atoms with Crippen molar-refractivity contribution in [1.82, 2.24) is 10.3 Å². The molecule has 2 N–H and O–H groups in total. The molecule has 1 heterocycles. The molecule has 0 radical (unpaired) electrons. The Morgan fingerprint density at radius 3 is 2.71 bits per heavy atom. The Labute approximate surface area is 124 Å². The number of nitrogens with zero attached hydrogens (tertiary/aromatic N) is 1. The van der Waals surface area contributed by atoms with Gasteiger partial charge in [0.25, 0.3) is 0 Å². The third-order valence-electron chi connectivity index (χ3n) is 2.78. The van der Waals surface area contributed by atoms with Gasteiger partial charge in [0.15, 0.2) is 0 Å². The lowest BCUT2D eigenvalue weighted by Crippen LogP contribution is -2.24. The van der Waals surface area contributed by atoms with Crippen LogP contribution >= 0.6 is 11.3 Å². The Hall–Kier alpha value is -2.28. The highest BCUT2D eigenvalue weighted by Gasteiger charge is 2.14. The molecule has 0 saturated carbocycles. The second kappa shape index (κ2) is 6.45. The van der Waals surface area contributed by atoms with Crippen molar-refractivity contribution >= 4 is 23.2 Å². The van der Waals surface area contributed by atoms with Crippen LogP contribution in [0.1, 0.15) is 25.9 Å². The number of carboxylic acid groups (broad SMARTS) is 1. The molecule has 0 aliphatic carbocycles. The van der Waals surface area contributed by atoms with E-state index in [2.05, 4.69) is 10.3 Å². The smallest absolute Gasteiger partial charge is 0.347 e. The van der Waals surface area contributed by atoms with Crippen LogP contribution in [0.3, 0.4) is 0 Å². The monoisotopic (exact) mass is 308 g/mol. The van der Waals surface area contributed by atoms with E-state index in [1.807, 2.05) is 0 Å². The Balaban J connectivity index is 1.94. The molecule has 0 aliphatic rings. The molecule has 110 valence electrons. The van der Waals surface area contributed by atoms with Gasteiger partial charge in [-0.3, -0.25) is 4.79 Å². The summed E-state index contributed by atoms with van der Waals surface area (Å²) < 4.78 is 13.4. The van der Waals surface area contributed by atoms with Crippen molar-refractivity contribution in [3.8, 4) is 0 Å². The summed E-state index contributed by atoms with van der Waals surface area (Å²) in [5.41, 5.74) is 0.738. The van der Waals surface area contributed by atoms with Crippen LogP contribution < -0.4 is 5.32 Å². The van der Waals surface area contributed by atoms with Gasteiger partial charge in [-0.15, -0.1) is 11.3 Å². The zero-order valence-corrected chi connectivity index (χ0v) is 12.0. The number of carboxylic acids is 1. The predicted molar refractivity (Wildman–Crippen MR) is 75.8 cm³/mol. The highest BCUT2D eigenvalue weighted by molar-refractivity contribution is 7.13. The Kier molecular flexibility index (Phi) is 4.64. The molecule has 2 aromatic rings. The first-order valence-electron chi connectivity index (χ1n) is 6.17. The van der Waals surface area contributed by atoms with E-state index < -0.39 is 11.8 Å². The van der Waals surface area contributed by atoms with Crippen LogP contribution in [0.4, 0.5) is 4.39 Å². The number of benzene rings is 1. The number of aromatic nitrogens is 1. The number of thiazole rings is 1. The van der Waals surface area contributed by atoms with E-state index in [1.54, 1.807) is 25.1 Å². The van der Waals surface area contributed by atoms with E-state index >= 15 is 0 Å². The zero-order chi connectivity index (χ0) is 15.4. The van der Waals surface area contributed by atoms with Crippen molar-refractivity contribution in [2.75, 3.05) is 0 Å². The maximum Gasteiger partial charge on any atom is 0.347 e. The lowest BCUT2D eigenvalue weighted by Gasteiger charge is -2.04. The first kappa shape index (κ1) is 15.1. The Morgan fingerprint density at radius 2 is 2.10 bits per heavy atom. The number of nitrogens with one attached hydrogen (secondary N) is 1. The lowest BCUT2D eigenvalue weighted by atomic mass is 10.1. The number of rotatable bonds is 5. The third-order valence-corrected chi connectivity index (χ3v) is 3.93. The standard InChI is InChI=1S/C14H13FN2O3S/c1-8-13(14(19)20)21-12(17-8)7-16-11(18)6-9-4-2-3-5-10(9)15/h2-5H,6-7H2,1H3,(H,16,18)(H,19,20). The minimum Gasteiger partial charge on any atom is -0.477 e. The summed E-state index contributed by atoms with van der Waals surface area (Å²) in [6.07, 6.45) is -0.0666. The fourth-order valence-electron chi connectivity index (χ4n) is 1.78. The fraction of sp³-hybridized carbons (Fsp3) is 0.214. The molecule has 0 bridgehead atoms. The summed E-state index contributed by atoms with van der Waals surface area (Å²) in [4.78, 5) is 26.9. The molecular weight excluding hydrogens is 295 g/mol. The van der Waals surface area contributed by atoms with Gasteiger partial charge in [-0.05, 0) is 18.6 Å². The van der Waals surface area contributed by atoms with Crippen LogP contribution in [0.25, 0.3) is 0 Å². The van der Waals surface area contributed by atoms with E-state index in [0.29, 0.717) is 16.3 Å². The molecular formula is C14H13FN2O3S. The van der Waals surface area contributed by atoms with Gasteiger partial charge >= 0.3 is 5.97 Å². The van der Waals surface area contributed by atoms with E-state index in [1.165, 1.54) is 6.07 Å². The number of amides is 1. The second-order valence-electron chi connectivity index (χ2n) is 4.37. The number of carbonyl (C=O) groups excluding carboxylic acids is 1. The molecule has 1 aromatic carbocycles. The van der Waals surface area contributed by atoms with Gasteiger partial charge in [-0.1, -0.05) is 18.2 Å². The largest absolute Gasteiger partial charge is 0.477 e. The maximum absolute atomic E-state index is 13.4. The highest BCUT2D eigenvalue weighted by atomic mass is 32.1. The summed E-state index contributed by atoms with van der Waals surface area (Å²) in [5.74, 6) is -1.80. The number of aromatic carboxylic acids is 1. The van der Waals surface area contributed by atoms with E-state index in [-0.39, 0.29) is 23.7 Å². The van der Waals surface area contributed by atoms with Crippen molar-refractivity contribution in [3.63, 3.8) is 0 Å². The van der Waals surface area contributed by atoms with Crippen LogP contribution in [-0.4, -0.2) is 22.0 Å². The maximum atomic E-state index is 13.4. The number of hydrogen-bond acceptors (Lipinski definition) is 4. The minimum absolute atomic E-state index is 0.0666. The second-order valence-corrected chi connectivity index (χ2v) is 5.46. The number of carbonyl (C=O) groups is 2. The zero-order valence-electron chi connectivity index (χ0n) is 11.2. The van der Waals surface area contributed by atoms with E-state index in [4.69, 9.17) is 5.11 Å². The van der Waals surface area contributed by atoms with Crippen LogP contribution in [0.2, 0.25) is 0 Å². The average Bonchev–Trinajstić information content (AvgIpc) is 2.80. The van der Waals surface area contributed by atoms with Crippen molar-refractivity contribution in [2.45, 2.75) is 19.9 Å². The molecule has 21 heavy (non-hydrogen) atoms. The predicted octanol–water partition coefficient (Wildman–Crippen LogP) is 2.15. The quantitative estimate of drug-likeness (QED) is 0.887. The lowest BCUT2D eigenvalue weighted by molar-refractivity contribution is -0.120. The van der Waals surface area contributed by atoms with Gasteiger partial charge in [0.2, 0.25) is 5.91 Å². The molecule has 0 unspecified atom stereocenters. The molecule has 0 atom stereocenters. The molecule has 0 fully saturated rings. The van der Waals surface area contributed by atoms with Crippen LogP contribution in [0.15, 0.2) is 24.3 Å². The molecule has 0 spiro atoms. The van der Waals surface area contributed by atoms with Crippen molar-refractivity contribution < 1.29 is 19.1 Å². The third kappa shape index (κ3) is 3.85. The molecule has 5 nitrogen and oxygen atoms in total. The summed E-state index contributed by atoms with van der Waals surface area (Å²) >= 11 is 1.02. The van der Waals surface area contributed by atoms with Crippen molar-refractivity contribution in [3.05, 3.63) is 51.2 Å². The number of hydrogen-bond donors (Lipinski definition) is 2. The highest BCUT2D eigenvalue weighted by Crippen LogP contribution is 2.17. The molecule has 2 rings (SSSR count). The van der Waals surface area contributed by atoms with Gasteiger partial charge in [-0.2, -0.15) is 0 Å². The van der Waals surface area contributed by atoms with Gasteiger partial charge in [-0.25, -0.2) is 14.2 Å². The summed E-state index contributed by atoms with van der Waals surface area (Å²) in [6.45, 7) is 1.73. The van der Waals surface area contributed by atoms with Gasteiger partial charge < -0.3 is 10.4 Å². The first-order valence-corrected chi connectivity index (χ1v) is 6.98. The van der Waals surface area contributed by atoms with Crippen molar-refractivity contribution in [2.24, 2.45) is 0 Å². The topological polar surface area (TPSA) is 79.3 Å². The summed E-state index contributed by atoms with van der Waals surface area (Å²) in [6, 6.07) is 6.06. The summed E-state index contributed by atoms with van der Waals surface area (Å²) in [7, 11) is 0. The number of aryl methyl sites for hydroxylation is 1. The summed E-state index contributed by atoms with van der Waals surface area (Å²) in [5, 5.41) is 12.0. The van der Waals surface area contributed by atoms with Gasteiger partial charge in [0.1, 0.15) is 15.7 Å². The van der Waals surface area contributed by atoms with Gasteiger partial charge in [0, 0.05) is 0 Å². The normalized spacial score (nSPS) is 10.4. The van der Waals surface area contributed by atoms with Crippen LogP contribution in [0, 0.1) is 12.7 Å². The van der Waals surface area contributed by atoms with Crippen molar-refractivity contribution in [1.29, 1.82) is 0 Å². The fourth-order valence-corrected chi connectivity index (χ4v) is 2.62. The molecule has 1 aromatic heterocycles. The molecule has 1 amide bonds.